The lowest BCUT2D eigenvalue weighted by Gasteiger charge is -2.18. The van der Waals surface area contributed by atoms with E-state index in [2.05, 4.69) is 14.9 Å². The van der Waals surface area contributed by atoms with E-state index in [4.69, 9.17) is 4.74 Å². The van der Waals surface area contributed by atoms with Gasteiger partial charge in [0.1, 0.15) is 11.5 Å². The molecule has 2 aromatic rings. The average molecular weight is 418 g/mol. The van der Waals surface area contributed by atoms with Gasteiger partial charge in [0.15, 0.2) is 0 Å². The van der Waals surface area contributed by atoms with Gasteiger partial charge in [-0.05, 0) is 69.2 Å². The Morgan fingerprint density at radius 2 is 1.76 bits per heavy atom. The van der Waals surface area contributed by atoms with E-state index in [0.717, 1.165) is 31.6 Å². The zero-order chi connectivity index (χ0) is 20.9. The van der Waals surface area contributed by atoms with Gasteiger partial charge in [0, 0.05) is 30.2 Å². The molecule has 0 aliphatic carbocycles. The molecule has 1 aliphatic heterocycles. The Balaban J connectivity index is 1.57. The van der Waals surface area contributed by atoms with Gasteiger partial charge < -0.3 is 15.0 Å². The molecule has 2 N–H and O–H groups in total. The summed E-state index contributed by atoms with van der Waals surface area (Å²) in [6.07, 6.45) is 2.35. The molecular weight excluding hydrogens is 390 g/mol. The third-order valence-corrected chi connectivity index (χ3v) is 5.61. The number of hydrogen-bond acceptors (Lipinski definition) is 5. The summed E-state index contributed by atoms with van der Waals surface area (Å²) in [5.41, 5.74) is 2.00. The maximum Gasteiger partial charge on any atom is 0.241 e. The summed E-state index contributed by atoms with van der Waals surface area (Å²) in [6.45, 7) is 5.82. The van der Waals surface area contributed by atoms with Gasteiger partial charge in [-0.3, -0.25) is 9.52 Å². The van der Waals surface area contributed by atoms with Crippen LogP contribution in [-0.4, -0.2) is 39.3 Å². The lowest BCUT2D eigenvalue weighted by molar-refractivity contribution is -0.113. The van der Waals surface area contributed by atoms with E-state index in [1.165, 1.54) is 0 Å². The quantitative estimate of drug-likeness (QED) is 0.687. The summed E-state index contributed by atoms with van der Waals surface area (Å²) >= 11 is 0. The van der Waals surface area contributed by atoms with Crippen molar-refractivity contribution in [3.63, 3.8) is 0 Å². The molecule has 1 amide bonds. The third kappa shape index (κ3) is 6.39. The van der Waals surface area contributed by atoms with Gasteiger partial charge in [0.05, 0.1) is 6.10 Å². The van der Waals surface area contributed by atoms with Crippen molar-refractivity contribution in [2.75, 3.05) is 33.8 Å². The van der Waals surface area contributed by atoms with Crippen LogP contribution < -0.4 is 19.7 Å². The van der Waals surface area contributed by atoms with Gasteiger partial charge in [-0.1, -0.05) is 6.07 Å². The van der Waals surface area contributed by atoms with Crippen LogP contribution in [0, 0.1) is 0 Å². The van der Waals surface area contributed by atoms with Crippen molar-refractivity contribution in [3.8, 4) is 5.75 Å². The molecule has 3 rings (SSSR count). The van der Waals surface area contributed by atoms with Gasteiger partial charge in [-0.15, -0.1) is 0 Å². The predicted molar refractivity (Wildman–Crippen MR) is 116 cm³/mol. The van der Waals surface area contributed by atoms with Crippen LogP contribution in [0.15, 0.2) is 48.5 Å². The monoisotopic (exact) mass is 417 g/mol. The molecule has 0 unspecified atom stereocenters. The maximum absolute atomic E-state index is 12.3. The average Bonchev–Trinajstić information content (AvgIpc) is 3.17. The van der Waals surface area contributed by atoms with Crippen molar-refractivity contribution >= 4 is 33.0 Å². The van der Waals surface area contributed by atoms with E-state index in [9.17, 15) is 13.2 Å². The number of nitrogens with zero attached hydrogens (tertiary/aromatic N) is 1. The fraction of sp³-hybridized carbons (Fsp3) is 0.381. The minimum atomic E-state index is -3.83. The topological polar surface area (TPSA) is 87.7 Å². The molecule has 8 heteroatoms. The van der Waals surface area contributed by atoms with Crippen molar-refractivity contribution in [2.45, 2.75) is 32.8 Å². The molecular formula is C21H27N3O4S. The summed E-state index contributed by atoms with van der Waals surface area (Å²) in [5, 5.41) is 2.67. The van der Waals surface area contributed by atoms with Crippen molar-refractivity contribution in [3.05, 3.63) is 48.5 Å². The zero-order valence-electron chi connectivity index (χ0n) is 16.7. The van der Waals surface area contributed by atoms with E-state index in [0.29, 0.717) is 17.1 Å². The molecule has 0 bridgehead atoms. The highest BCUT2D eigenvalue weighted by Crippen LogP contribution is 2.23. The molecule has 0 aromatic heterocycles. The van der Waals surface area contributed by atoms with E-state index in [1.54, 1.807) is 30.3 Å². The first kappa shape index (κ1) is 21.0. The zero-order valence-corrected chi connectivity index (χ0v) is 17.5. The van der Waals surface area contributed by atoms with Gasteiger partial charge in [0.25, 0.3) is 0 Å². The first-order chi connectivity index (χ1) is 13.8. The molecule has 1 saturated heterocycles. The Hall–Kier alpha value is -2.74. The summed E-state index contributed by atoms with van der Waals surface area (Å²) in [5.74, 6) is -0.597. The molecule has 2 aromatic carbocycles. The second-order valence-corrected chi connectivity index (χ2v) is 9.07. The number of nitrogens with one attached hydrogen (secondary N) is 2. The van der Waals surface area contributed by atoms with E-state index in [1.807, 2.05) is 32.0 Å². The van der Waals surface area contributed by atoms with E-state index >= 15 is 0 Å². The lowest BCUT2D eigenvalue weighted by atomic mass is 10.2. The molecule has 1 fully saturated rings. The first-order valence-electron chi connectivity index (χ1n) is 9.73. The highest BCUT2D eigenvalue weighted by molar-refractivity contribution is 7.93. The first-order valence-corrected chi connectivity index (χ1v) is 11.4. The summed E-state index contributed by atoms with van der Waals surface area (Å²) in [4.78, 5) is 14.5. The standard InChI is InChI=1S/C21H27N3O4S/c1-16(2)28-20-10-8-17(9-11-20)23-29(26,27)15-21(25)22-18-6-5-7-19(14-18)24-12-3-4-13-24/h5-11,14,16,23H,3-4,12-13,15H2,1-2H3,(H,22,25). The molecule has 29 heavy (non-hydrogen) atoms. The van der Waals surface area contributed by atoms with Crippen LogP contribution in [0.5, 0.6) is 5.75 Å². The van der Waals surface area contributed by atoms with Gasteiger partial charge >= 0.3 is 0 Å². The molecule has 0 saturated carbocycles. The Labute approximate surface area is 172 Å². The Morgan fingerprint density at radius 1 is 1.07 bits per heavy atom. The SMILES string of the molecule is CC(C)Oc1ccc(NS(=O)(=O)CC(=O)Nc2cccc(N3CCCC3)c2)cc1. The minimum Gasteiger partial charge on any atom is -0.491 e. The number of rotatable bonds is 8. The van der Waals surface area contributed by atoms with Crippen LogP contribution in [0.1, 0.15) is 26.7 Å². The van der Waals surface area contributed by atoms with Crippen LogP contribution >= 0.6 is 0 Å². The highest BCUT2D eigenvalue weighted by atomic mass is 32.2. The smallest absolute Gasteiger partial charge is 0.241 e. The van der Waals surface area contributed by atoms with Crippen molar-refractivity contribution in [2.24, 2.45) is 0 Å². The fourth-order valence-electron chi connectivity index (χ4n) is 3.21. The number of sulfonamides is 1. The Morgan fingerprint density at radius 3 is 2.41 bits per heavy atom. The molecule has 1 heterocycles. The van der Waals surface area contributed by atoms with Crippen LogP contribution in [0.4, 0.5) is 17.1 Å². The predicted octanol–water partition coefficient (Wildman–Crippen LogP) is 3.45. The largest absolute Gasteiger partial charge is 0.491 e. The van der Waals surface area contributed by atoms with Gasteiger partial charge in [-0.25, -0.2) is 8.42 Å². The summed E-state index contributed by atoms with van der Waals surface area (Å²) in [6, 6.07) is 14.0. The summed E-state index contributed by atoms with van der Waals surface area (Å²) < 4.78 is 32.6. The third-order valence-electron chi connectivity index (χ3n) is 4.42. The van der Waals surface area contributed by atoms with Gasteiger partial charge in [-0.2, -0.15) is 0 Å². The molecule has 0 atom stereocenters. The molecule has 7 nitrogen and oxygen atoms in total. The maximum atomic E-state index is 12.3. The van der Waals surface area contributed by atoms with E-state index in [-0.39, 0.29) is 6.10 Å². The van der Waals surface area contributed by atoms with Crippen LogP contribution in [0.2, 0.25) is 0 Å². The number of anilines is 3. The Bertz CT molecular complexity index is 937. The molecule has 1 aliphatic rings. The van der Waals surface area contributed by atoms with Crippen molar-refractivity contribution in [1.29, 1.82) is 0 Å². The number of amides is 1. The van der Waals surface area contributed by atoms with Crippen LogP contribution in [0.25, 0.3) is 0 Å². The molecule has 0 radical (unpaired) electrons. The van der Waals surface area contributed by atoms with Crippen molar-refractivity contribution < 1.29 is 17.9 Å². The van der Waals surface area contributed by atoms with E-state index < -0.39 is 21.7 Å². The number of carbonyl (C=O) groups excluding carboxylic acids is 1. The number of carbonyl (C=O) groups is 1. The second kappa shape index (κ2) is 9.17. The number of hydrogen-bond donors (Lipinski definition) is 2. The number of benzene rings is 2. The van der Waals surface area contributed by atoms with Crippen LogP contribution in [-0.2, 0) is 14.8 Å². The molecule has 0 spiro atoms. The van der Waals surface area contributed by atoms with Crippen LogP contribution in [0.3, 0.4) is 0 Å². The lowest BCUT2D eigenvalue weighted by Crippen LogP contribution is -2.27. The van der Waals surface area contributed by atoms with Crippen molar-refractivity contribution in [1.82, 2.24) is 0 Å². The molecule has 156 valence electrons. The second-order valence-electron chi connectivity index (χ2n) is 7.34. The fourth-order valence-corrected chi connectivity index (χ4v) is 4.20. The minimum absolute atomic E-state index is 0.0326. The number of ether oxygens (including phenoxy) is 1. The Kier molecular flexibility index (Phi) is 6.64. The van der Waals surface area contributed by atoms with Gasteiger partial charge in [0.2, 0.25) is 15.9 Å². The summed E-state index contributed by atoms with van der Waals surface area (Å²) in [7, 11) is -3.83. The normalized spacial score (nSPS) is 14.1. The highest BCUT2D eigenvalue weighted by Gasteiger charge is 2.18.